The first kappa shape index (κ1) is 24.9. The van der Waals surface area contributed by atoms with Gasteiger partial charge in [0.05, 0.1) is 17.1 Å². The molecule has 0 aliphatic rings. The van der Waals surface area contributed by atoms with E-state index >= 15 is 0 Å². The van der Waals surface area contributed by atoms with Gasteiger partial charge in [0.2, 0.25) is 10.0 Å². The third-order valence-corrected chi connectivity index (χ3v) is 6.37. The molecule has 0 spiro atoms. The van der Waals surface area contributed by atoms with Gasteiger partial charge in [-0.15, -0.1) is 0 Å². The second-order valence-corrected chi connectivity index (χ2v) is 9.07. The van der Waals surface area contributed by atoms with Gasteiger partial charge in [-0.2, -0.15) is 0 Å². The first-order chi connectivity index (χ1) is 16.3. The third kappa shape index (κ3) is 6.90. The van der Waals surface area contributed by atoms with E-state index in [0.29, 0.717) is 17.0 Å². The number of ether oxygens (including phenoxy) is 2. The van der Waals surface area contributed by atoms with Crippen LogP contribution in [0.5, 0.6) is 5.75 Å². The third-order valence-electron chi connectivity index (χ3n) is 4.82. The quantitative estimate of drug-likeness (QED) is 0.424. The number of amides is 1. The standard InChI is InChI=1S/C25H26N2O6S/c1-3-32-25(29)20-9-11-21(12-10-20)26-24(28)17-33-22-13-15-23(16-14-22)34(30,31)27-18(2)19-7-5-4-6-8-19/h4-16,18,27H,3,17H2,1-2H3,(H,26,28)/t18-/m1/s1. The van der Waals surface area contributed by atoms with Crippen LogP contribution in [0.3, 0.4) is 0 Å². The average Bonchev–Trinajstić information content (AvgIpc) is 2.84. The molecular formula is C25H26N2O6S. The fourth-order valence-corrected chi connectivity index (χ4v) is 4.31. The minimum absolute atomic E-state index is 0.0915. The zero-order valence-corrected chi connectivity index (χ0v) is 19.7. The molecule has 3 aromatic rings. The highest BCUT2D eigenvalue weighted by molar-refractivity contribution is 7.89. The Kier molecular flexibility index (Phi) is 8.39. The zero-order chi connectivity index (χ0) is 24.6. The highest BCUT2D eigenvalue weighted by Crippen LogP contribution is 2.19. The number of sulfonamides is 1. The molecule has 9 heteroatoms. The number of hydrogen-bond acceptors (Lipinski definition) is 6. The molecule has 0 saturated carbocycles. The molecule has 1 amide bonds. The van der Waals surface area contributed by atoms with E-state index in [1.165, 1.54) is 24.3 Å². The SMILES string of the molecule is CCOC(=O)c1ccc(NC(=O)COc2ccc(S(=O)(=O)N[C@H](C)c3ccccc3)cc2)cc1. The molecule has 0 aliphatic carbocycles. The zero-order valence-electron chi connectivity index (χ0n) is 18.9. The first-order valence-corrected chi connectivity index (χ1v) is 12.1. The van der Waals surface area contributed by atoms with Crippen LogP contribution < -0.4 is 14.8 Å². The van der Waals surface area contributed by atoms with Crippen molar-refractivity contribution in [3.63, 3.8) is 0 Å². The molecule has 0 unspecified atom stereocenters. The summed E-state index contributed by atoms with van der Waals surface area (Å²) >= 11 is 0. The second-order valence-electron chi connectivity index (χ2n) is 7.36. The predicted molar refractivity (Wildman–Crippen MR) is 128 cm³/mol. The number of carbonyl (C=O) groups excluding carboxylic acids is 2. The Labute approximate surface area is 199 Å². The lowest BCUT2D eigenvalue weighted by atomic mass is 10.1. The lowest BCUT2D eigenvalue weighted by Crippen LogP contribution is -2.26. The van der Waals surface area contributed by atoms with Crippen LogP contribution in [-0.4, -0.2) is 33.5 Å². The maximum Gasteiger partial charge on any atom is 0.338 e. The van der Waals surface area contributed by atoms with Crippen molar-refractivity contribution in [2.24, 2.45) is 0 Å². The normalized spacial score (nSPS) is 11.9. The van der Waals surface area contributed by atoms with E-state index in [2.05, 4.69) is 10.0 Å². The molecule has 0 radical (unpaired) electrons. The van der Waals surface area contributed by atoms with Crippen LogP contribution in [0.15, 0.2) is 83.8 Å². The van der Waals surface area contributed by atoms with E-state index in [-0.39, 0.29) is 18.1 Å². The Morgan fingerprint density at radius 2 is 1.56 bits per heavy atom. The van der Waals surface area contributed by atoms with Crippen LogP contribution in [0, 0.1) is 0 Å². The van der Waals surface area contributed by atoms with E-state index in [1.54, 1.807) is 38.1 Å². The van der Waals surface area contributed by atoms with E-state index < -0.39 is 27.9 Å². The van der Waals surface area contributed by atoms with Crippen LogP contribution in [0.25, 0.3) is 0 Å². The molecule has 0 aromatic heterocycles. The molecule has 0 heterocycles. The number of anilines is 1. The van der Waals surface area contributed by atoms with Crippen molar-refractivity contribution in [3.05, 3.63) is 90.0 Å². The average molecular weight is 483 g/mol. The first-order valence-electron chi connectivity index (χ1n) is 10.7. The van der Waals surface area contributed by atoms with Crippen LogP contribution in [0.1, 0.15) is 35.8 Å². The Bertz CT molecular complexity index is 1210. The van der Waals surface area contributed by atoms with Gasteiger partial charge in [-0.1, -0.05) is 30.3 Å². The summed E-state index contributed by atoms with van der Waals surface area (Å²) in [6, 6.07) is 21.0. The van der Waals surface area contributed by atoms with Crippen LogP contribution in [0.2, 0.25) is 0 Å². The van der Waals surface area contributed by atoms with Gasteiger partial charge in [-0.05, 0) is 67.9 Å². The maximum absolute atomic E-state index is 12.7. The van der Waals surface area contributed by atoms with Crippen molar-refractivity contribution in [1.29, 1.82) is 0 Å². The highest BCUT2D eigenvalue weighted by Gasteiger charge is 2.18. The monoisotopic (exact) mass is 482 g/mol. The fraction of sp³-hybridized carbons (Fsp3) is 0.200. The van der Waals surface area contributed by atoms with Crippen molar-refractivity contribution in [2.45, 2.75) is 24.8 Å². The Balaban J connectivity index is 1.52. The summed E-state index contributed by atoms with van der Waals surface area (Å²) < 4.78 is 38.3. The Hall–Kier alpha value is -3.69. The molecule has 2 N–H and O–H groups in total. The summed E-state index contributed by atoms with van der Waals surface area (Å²) in [4.78, 5) is 23.9. The van der Waals surface area contributed by atoms with Crippen LogP contribution >= 0.6 is 0 Å². The van der Waals surface area contributed by atoms with Gasteiger partial charge < -0.3 is 14.8 Å². The smallest absolute Gasteiger partial charge is 0.338 e. The number of carbonyl (C=O) groups is 2. The molecule has 178 valence electrons. The summed E-state index contributed by atoms with van der Waals surface area (Å²) in [5, 5.41) is 2.66. The number of benzene rings is 3. The Morgan fingerprint density at radius 3 is 2.18 bits per heavy atom. The largest absolute Gasteiger partial charge is 0.484 e. The Morgan fingerprint density at radius 1 is 0.912 bits per heavy atom. The predicted octanol–water partition coefficient (Wildman–Crippen LogP) is 3.92. The lowest BCUT2D eigenvalue weighted by molar-refractivity contribution is -0.118. The molecule has 0 aliphatic heterocycles. The highest BCUT2D eigenvalue weighted by atomic mass is 32.2. The summed E-state index contributed by atoms with van der Waals surface area (Å²) in [5.41, 5.74) is 1.74. The summed E-state index contributed by atoms with van der Waals surface area (Å²) in [6.45, 7) is 3.51. The van der Waals surface area contributed by atoms with Crippen molar-refractivity contribution < 1.29 is 27.5 Å². The molecule has 3 rings (SSSR count). The maximum atomic E-state index is 12.7. The second kappa shape index (κ2) is 11.4. The van der Waals surface area contributed by atoms with E-state index in [1.807, 2.05) is 30.3 Å². The van der Waals surface area contributed by atoms with E-state index in [9.17, 15) is 18.0 Å². The molecule has 0 saturated heterocycles. The summed E-state index contributed by atoms with van der Waals surface area (Å²) in [7, 11) is -3.73. The number of rotatable bonds is 10. The van der Waals surface area contributed by atoms with Crippen molar-refractivity contribution >= 4 is 27.6 Å². The minimum atomic E-state index is -3.73. The van der Waals surface area contributed by atoms with Crippen molar-refractivity contribution in [3.8, 4) is 5.75 Å². The van der Waals surface area contributed by atoms with Crippen LogP contribution in [0.4, 0.5) is 5.69 Å². The molecule has 1 atom stereocenters. The van der Waals surface area contributed by atoms with E-state index in [4.69, 9.17) is 9.47 Å². The minimum Gasteiger partial charge on any atom is -0.484 e. The number of hydrogen-bond donors (Lipinski definition) is 2. The molecule has 8 nitrogen and oxygen atoms in total. The van der Waals surface area contributed by atoms with Crippen LogP contribution in [-0.2, 0) is 19.6 Å². The lowest BCUT2D eigenvalue weighted by Gasteiger charge is -2.15. The van der Waals surface area contributed by atoms with Gasteiger partial charge in [-0.25, -0.2) is 17.9 Å². The molecule has 3 aromatic carbocycles. The summed E-state index contributed by atoms with van der Waals surface area (Å²) in [5.74, 6) is -0.485. The molecular weight excluding hydrogens is 456 g/mol. The van der Waals surface area contributed by atoms with Gasteiger partial charge >= 0.3 is 5.97 Å². The summed E-state index contributed by atoms with van der Waals surface area (Å²) in [6.07, 6.45) is 0. The van der Waals surface area contributed by atoms with Crippen molar-refractivity contribution in [1.82, 2.24) is 4.72 Å². The van der Waals surface area contributed by atoms with Gasteiger partial charge in [0, 0.05) is 11.7 Å². The van der Waals surface area contributed by atoms with Gasteiger partial charge in [0.25, 0.3) is 5.91 Å². The fourth-order valence-electron chi connectivity index (χ4n) is 3.08. The van der Waals surface area contributed by atoms with Gasteiger partial charge in [-0.3, -0.25) is 4.79 Å². The number of nitrogens with one attached hydrogen (secondary N) is 2. The van der Waals surface area contributed by atoms with E-state index in [0.717, 1.165) is 5.56 Å². The molecule has 0 bridgehead atoms. The number of esters is 1. The topological polar surface area (TPSA) is 111 Å². The van der Waals surface area contributed by atoms with Gasteiger partial charge in [0.15, 0.2) is 6.61 Å². The molecule has 0 fully saturated rings. The van der Waals surface area contributed by atoms with Crippen molar-refractivity contribution in [2.75, 3.05) is 18.5 Å². The molecule has 34 heavy (non-hydrogen) atoms. The van der Waals surface area contributed by atoms with Gasteiger partial charge in [0.1, 0.15) is 5.75 Å².